The Hall–Kier alpha value is -1.46. The summed E-state index contributed by atoms with van der Waals surface area (Å²) in [5.74, 6) is -0.937. The molecule has 1 atom stereocenters. The average molecular weight is 329 g/mol. The molecule has 2 aromatic rings. The second-order valence-corrected chi connectivity index (χ2v) is 4.90. The zero-order valence-corrected chi connectivity index (χ0v) is 11.6. The molecule has 100 valence electrons. The Balaban J connectivity index is 2.31. The molecule has 2 nitrogen and oxygen atoms in total. The number of aliphatic hydroxyl groups excluding tert-OH is 1. The highest BCUT2D eigenvalue weighted by Crippen LogP contribution is 2.32. The van der Waals surface area contributed by atoms with Crippen LogP contribution in [0.4, 0.5) is 8.78 Å². The molecule has 0 fully saturated rings. The first kappa shape index (κ1) is 14.0. The molecule has 0 radical (unpaired) electrons. The van der Waals surface area contributed by atoms with Gasteiger partial charge in [0.25, 0.3) is 0 Å². The van der Waals surface area contributed by atoms with Gasteiger partial charge in [-0.3, -0.25) is 0 Å². The summed E-state index contributed by atoms with van der Waals surface area (Å²) in [5, 5.41) is 9.34. The second-order valence-electron chi connectivity index (χ2n) is 4.04. The molecule has 19 heavy (non-hydrogen) atoms. The molecule has 0 aliphatic heterocycles. The van der Waals surface area contributed by atoms with Crippen molar-refractivity contribution in [2.24, 2.45) is 0 Å². The lowest BCUT2D eigenvalue weighted by atomic mass is 10.1. The van der Waals surface area contributed by atoms with Crippen LogP contribution in [0.5, 0.6) is 11.5 Å². The van der Waals surface area contributed by atoms with E-state index < -0.39 is 17.7 Å². The van der Waals surface area contributed by atoms with E-state index >= 15 is 0 Å². The smallest absolute Gasteiger partial charge is 0.166 e. The van der Waals surface area contributed by atoms with Gasteiger partial charge in [-0.15, -0.1) is 0 Å². The van der Waals surface area contributed by atoms with E-state index in [2.05, 4.69) is 15.9 Å². The fourth-order valence-corrected chi connectivity index (χ4v) is 1.86. The van der Waals surface area contributed by atoms with E-state index in [1.165, 1.54) is 24.3 Å². The van der Waals surface area contributed by atoms with Crippen LogP contribution in [0.1, 0.15) is 18.6 Å². The minimum absolute atomic E-state index is 0.0318. The minimum Gasteiger partial charge on any atom is -0.453 e. The van der Waals surface area contributed by atoms with E-state index in [0.29, 0.717) is 10.0 Å². The molecule has 1 N–H and O–H groups in total. The lowest BCUT2D eigenvalue weighted by Gasteiger charge is -2.11. The maximum Gasteiger partial charge on any atom is 0.166 e. The van der Waals surface area contributed by atoms with E-state index in [1.807, 2.05) is 0 Å². The van der Waals surface area contributed by atoms with Gasteiger partial charge in [0.15, 0.2) is 11.6 Å². The molecule has 0 saturated carbocycles. The highest BCUT2D eigenvalue weighted by atomic mass is 79.9. The second kappa shape index (κ2) is 5.67. The molecule has 0 unspecified atom stereocenters. The summed E-state index contributed by atoms with van der Waals surface area (Å²) in [6.07, 6.45) is -0.760. The molecule has 0 heterocycles. The van der Waals surface area contributed by atoms with Crippen LogP contribution in [-0.2, 0) is 0 Å². The molecular formula is C14H11BrF2O2. The zero-order chi connectivity index (χ0) is 14.0. The standard InChI is InChI=1S/C14H11BrF2O2/c1-8(18)9-2-5-13(12(17)6-9)19-14-7-10(16)3-4-11(14)15/h2-8,18H,1H3/t8-/m0/s1. The van der Waals surface area contributed by atoms with Gasteiger partial charge in [-0.05, 0) is 52.7 Å². The zero-order valence-electron chi connectivity index (χ0n) is 10.0. The fraction of sp³-hybridized carbons (Fsp3) is 0.143. The van der Waals surface area contributed by atoms with E-state index in [-0.39, 0.29) is 11.5 Å². The summed E-state index contributed by atoms with van der Waals surface area (Å²) >= 11 is 3.20. The number of hydrogen-bond acceptors (Lipinski definition) is 2. The Kier molecular flexibility index (Phi) is 4.17. The van der Waals surface area contributed by atoms with Crippen molar-refractivity contribution in [1.82, 2.24) is 0 Å². The van der Waals surface area contributed by atoms with Gasteiger partial charge < -0.3 is 9.84 Å². The minimum atomic E-state index is -0.760. The Morgan fingerprint density at radius 1 is 1.11 bits per heavy atom. The van der Waals surface area contributed by atoms with Gasteiger partial charge in [0, 0.05) is 6.07 Å². The normalized spacial score (nSPS) is 12.3. The Morgan fingerprint density at radius 2 is 1.84 bits per heavy atom. The monoisotopic (exact) mass is 328 g/mol. The van der Waals surface area contributed by atoms with Gasteiger partial charge in [0.2, 0.25) is 0 Å². The maximum absolute atomic E-state index is 13.8. The topological polar surface area (TPSA) is 29.5 Å². The Morgan fingerprint density at radius 3 is 2.47 bits per heavy atom. The van der Waals surface area contributed by atoms with Crippen LogP contribution in [0.25, 0.3) is 0 Å². The van der Waals surface area contributed by atoms with Gasteiger partial charge in [-0.25, -0.2) is 8.78 Å². The number of benzene rings is 2. The van der Waals surface area contributed by atoms with Crippen LogP contribution in [0, 0.1) is 11.6 Å². The number of halogens is 3. The van der Waals surface area contributed by atoms with Gasteiger partial charge in [0.05, 0.1) is 10.6 Å². The summed E-state index contributed by atoms with van der Waals surface area (Å²) < 4.78 is 32.7. The van der Waals surface area contributed by atoms with Crippen molar-refractivity contribution in [3.05, 3.63) is 58.1 Å². The summed E-state index contributed by atoms with van der Waals surface area (Å²) in [5.41, 5.74) is 0.447. The highest BCUT2D eigenvalue weighted by molar-refractivity contribution is 9.10. The van der Waals surface area contributed by atoms with Crippen LogP contribution in [0.2, 0.25) is 0 Å². The third-order valence-electron chi connectivity index (χ3n) is 2.55. The van der Waals surface area contributed by atoms with Crippen molar-refractivity contribution in [2.75, 3.05) is 0 Å². The van der Waals surface area contributed by atoms with E-state index in [9.17, 15) is 13.9 Å². The SMILES string of the molecule is C[C@H](O)c1ccc(Oc2cc(F)ccc2Br)c(F)c1. The van der Waals surface area contributed by atoms with Gasteiger partial charge in [0.1, 0.15) is 11.6 Å². The van der Waals surface area contributed by atoms with Crippen molar-refractivity contribution in [3.63, 3.8) is 0 Å². The van der Waals surface area contributed by atoms with Crippen LogP contribution in [0.3, 0.4) is 0 Å². The molecule has 0 amide bonds. The molecule has 2 rings (SSSR count). The lowest BCUT2D eigenvalue weighted by molar-refractivity contribution is 0.198. The highest BCUT2D eigenvalue weighted by Gasteiger charge is 2.11. The van der Waals surface area contributed by atoms with Crippen molar-refractivity contribution in [3.8, 4) is 11.5 Å². The number of aliphatic hydroxyl groups is 1. The number of ether oxygens (including phenoxy) is 1. The van der Waals surface area contributed by atoms with Gasteiger partial charge in [-0.1, -0.05) is 6.07 Å². The van der Waals surface area contributed by atoms with Crippen molar-refractivity contribution in [2.45, 2.75) is 13.0 Å². The van der Waals surface area contributed by atoms with E-state index in [1.54, 1.807) is 13.0 Å². The number of rotatable bonds is 3. The predicted octanol–water partition coefficient (Wildman–Crippen LogP) is 4.57. The molecule has 0 aromatic heterocycles. The quantitative estimate of drug-likeness (QED) is 0.894. The first-order chi connectivity index (χ1) is 8.97. The molecule has 0 aliphatic rings. The molecule has 0 saturated heterocycles. The molecule has 2 aromatic carbocycles. The van der Waals surface area contributed by atoms with Crippen molar-refractivity contribution in [1.29, 1.82) is 0 Å². The van der Waals surface area contributed by atoms with Crippen molar-refractivity contribution < 1.29 is 18.6 Å². The third-order valence-corrected chi connectivity index (χ3v) is 3.21. The third kappa shape index (κ3) is 3.30. The van der Waals surface area contributed by atoms with E-state index in [4.69, 9.17) is 4.74 Å². The summed E-state index contributed by atoms with van der Waals surface area (Å²) in [4.78, 5) is 0. The molecule has 0 aliphatic carbocycles. The summed E-state index contributed by atoms with van der Waals surface area (Å²) in [7, 11) is 0. The first-order valence-corrected chi connectivity index (χ1v) is 6.37. The van der Waals surface area contributed by atoms with Crippen LogP contribution < -0.4 is 4.74 Å². The van der Waals surface area contributed by atoms with E-state index in [0.717, 1.165) is 6.07 Å². The van der Waals surface area contributed by atoms with Gasteiger partial charge >= 0.3 is 0 Å². The molecule has 0 spiro atoms. The summed E-state index contributed by atoms with van der Waals surface area (Å²) in [6, 6.07) is 8.04. The molecular weight excluding hydrogens is 318 g/mol. The Labute approximate surface area is 117 Å². The molecule has 0 bridgehead atoms. The van der Waals surface area contributed by atoms with Crippen molar-refractivity contribution >= 4 is 15.9 Å². The first-order valence-electron chi connectivity index (χ1n) is 5.58. The number of hydrogen-bond donors (Lipinski definition) is 1. The molecule has 5 heteroatoms. The fourth-order valence-electron chi connectivity index (χ4n) is 1.53. The maximum atomic E-state index is 13.8. The summed E-state index contributed by atoms with van der Waals surface area (Å²) in [6.45, 7) is 1.54. The van der Waals surface area contributed by atoms with Crippen LogP contribution in [0.15, 0.2) is 40.9 Å². The largest absolute Gasteiger partial charge is 0.453 e. The van der Waals surface area contributed by atoms with Crippen LogP contribution in [-0.4, -0.2) is 5.11 Å². The Bertz CT molecular complexity index is 600. The predicted molar refractivity (Wildman–Crippen MR) is 71.2 cm³/mol. The lowest BCUT2D eigenvalue weighted by Crippen LogP contribution is -1.95. The average Bonchev–Trinajstić information content (AvgIpc) is 2.36. The van der Waals surface area contributed by atoms with Crippen LogP contribution >= 0.6 is 15.9 Å². The van der Waals surface area contributed by atoms with Gasteiger partial charge in [-0.2, -0.15) is 0 Å².